The molecular formula is C14H22N2O. The number of carbonyl (C=O) groups excluding carboxylic acids is 1. The summed E-state index contributed by atoms with van der Waals surface area (Å²) in [7, 11) is 0. The van der Waals surface area contributed by atoms with Gasteiger partial charge in [-0.25, -0.2) is 0 Å². The molecule has 1 unspecified atom stereocenters. The van der Waals surface area contributed by atoms with Crippen LogP contribution in [0.15, 0.2) is 18.2 Å². The number of benzene rings is 1. The Morgan fingerprint density at radius 2 is 1.82 bits per heavy atom. The van der Waals surface area contributed by atoms with E-state index in [4.69, 9.17) is 0 Å². The van der Waals surface area contributed by atoms with E-state index in [-0.39, 0.29) is 11.9 Å². The van der Waals surface area contributed by atoms with Crippen molar-refractivity contribution in [3.63, 3.8) is 0 Å². The van der Waals surface area contributed by atoms with Crippen molar-refractivity contribution in [3.05, 3.63) is 29.3 Å². The summed E-state index contributed by atoms with van der Waals surface area (Å²) >= 11 is 0. The third-order valence-corrected chi connectivity index (χ3v) is 2.55. The zero-order valence-corrected chi connectivity index (χ0v) is 11.1. The van der Waals surface area contributed by atoms with Crippen molar-refractivity contribution in [2.24, 2.45) is 0 Å². The summed E-state index contributed by atoms with van der Waals surface area (Å²) < 4.78 is 0. The van der Waals surface area contributed by atoms with Gasteiger partial charge in [-0.2, -0.15) is 0 Å². The van der Waals surface area contributed by atoms with Crippen LogP contribution in [0.4, 0.5) is 5.69 Å². The molecule has 0 bridgehead atoms. The highest BCUT2D eigenvalue weighted by Gasteiger charge is 2.11. The molecule has 1 atom stereocenters. The number of carbonyl (C=O) groups is 1. The predicted molar refractivity (Wildman–Crippen MR) is 72.3 cm³/mol. The van der Waals surface area contributed by atoms with Gasteiger partial charge in [0.1, 0.15) is 6.04 Å². The summed E-state index contributed by atoms with van der Waals surface area (Å²) in [4.78, 5) is 11.7. The molecular weight excluding hydrogens is 212 g/mol. The van der Waals surface area contributed by atoms with Gasteiger partial charge in [-0.1, -0.05) is 13.0 Å². The molecule has 3 nitrogen and oxygen atoms in total. The maximum absolute atomic E-state index is 11.7. The van der Waals surface area contributed by atoms with Crippen LogP contribution in [0.3, 0.4) is 0 Å². The van der Waals surface area contributed by atoms with Crippen molar-refractivity contribution >= 4 is 11.6 Å². The fourth-order valence-electron chi connectivity index (χ4n) is 1.77. The lowest BCUT2D eigenvalue weighted by Gasteiger charge is -2.16. The fourth-order valence-corrected chi connectivity index (χ4v) is 1.77. The lowest BCUT2D eigenvalue weighted by molar-refractivity contribution is -0.121. The second kappa shape index (κ2) is 6.28. The third-order valence-electron chi connectivity index (χ3n) is 2.55. The van der Waals surface area contributed by atoms with Gasteiger partial charge in [0.15, 0.2) is 0 Å². The lowest BCUT2D eigenvalue weighted by atomic mass is 10.1. The number of anilines is 1. The van der Waals surface area contributed by atoms with Crippen molar-refractivity contribution in [2.75, 3.05) is 11.9 Å². The number of amides is 1. The van der Waals surface area contributed by atoms with Gasteiger partial charge in [-0.3, -0.25) is 4.79 Å². The molecule has 94 valence electrons. The topological polar surface area (TPSA) is 41.1 Å². The number of hydrogen-bond acceptors (Lipinski definition) is 2. The van der Waals surface area contributed by atoms with Crippen LogP contribution in [0.2, 0.25) is 0 Å². The van der Waals surface area contributed by atoms with Gasteiger partial charge in [0, 0.05) is 12.2 Å². The van der Waals surface area contributed by atoms with E-state index < -0.39 is 0 Å². The molecule has 0 saturated carbocycles. The van der Waals surface area contributed by atoms with Crippen LogP contribution in [-0.4, -0.2) is 18.5 Å². The Kier molecular flexibility index (Phi) is 5.01. The second-order valence-corrected chi connectivity index (χ2v) is 4.53. The second-order valence-electron chi connectivity index (χ2n) is 4.53. The molecule has 1 amide bonds. The molecule has 1 rings (SSSR count). The molecule has 0 aliphatic carbocycles. The van der Waals surface area contributed by atoms with Crippen LogP contribution < -0.4 is 10.6 Å². The Labute approximate surface area is 104 Å². The van der Waals surface area contributed by atoms with Crippen LogP contribution in [-0.2, 0) is 4.79 Å². The van der Waals surface area contributed by atoms with E-state index in [0.717, 1.165) is 18.7 Å². The number of aryl methyl sites for hydroxylation is 2. The van der Waals surface area contributed by atoms with Gasteiger partial charge < -0.3 is 10.6 Å². The first-order valence-electron chi connectivity index (χ1n) is 6.15. The minimum Gasteiger partial charge on any atom is -0.374 e. The standard InChI is InChI=1S/C14H22N2O/c1-5-6-15-14(17)12(4)16-13-8-10(2)7-11(3)9-13/h7-9,12,16H,5-6H2,1-4H3,(H,15,17). The Hall–Kier alpha value is -1.51. The van der Waals surface area contributed by atoms with Gasteiger partial charge in [-0.15, -0.1) is 0 Å². The molecule has 0 aliphatic heterocycles. The van der Waals surface area contributed by atoms with Crippen LogP contribution in [0.25, 0.3) is 0 Å². The monoisotopic (exact) mass is 234 g/mol. The van der Waals surface area contributed by atoms with Crippen LogP contribution in [0.5, 0.6) is 0 Å². The van der Waals surface area contributed by atoms with Gasteiger partial charge >= 0.3 is 0 Å². The van der Waals surface area contributed by atoms with Gasteiger partial charge in [-0.05, 0) is 50.5 Å². The quantitative estimate of drug-likeness (QED) is 0.822. The summed E-state index contributed by atoms with van der Waals surface area (Å²) in [5.74, 6) is 0.0472. The summed E-state index contributed by atoms with van der Waals surface area (Å²) in [6.45, 7) is 8.77. The molecule has 0 saturated heterocycles. The molecule has 0 aromatic heterocycles. The van der Waals surface area contributed by atoms with E-state index in [1.54, 1.807) is 0 Å². The first kappa shape index (κ1) is 13.6. The zero-order chi connectivity index (χ0) is 12.8. The minimum absolute atomic E-state index is 0.0472. The SMILES string of the molecule is CCCNC(=O)C(C)Nc1cc(C)cc(C)c1. The Balaban J connectivity index is 2.60. The van der Waals surface area contributed by atoms with Gasteiger partial charge in [0.2, 0.25) is 5.91 Å². The molecule has 0 fully saturated rings. The van der Waals surface area contributed by atoms with Crippen molar-refractivity contribution in [1.29, 1.82) is 0 Å². The Morgan fingerprint density at radius 3 is 2.35 bits per heavy atom. The van der Waals surface area contributed by atoms with E-state index in [1.807, 2.05) is 13.8 Å². The fraction of sp³-hybridized carbons (Fsp3) is 0.500. The van der Waals surface area contributed by atoms with E-state index in [2.05, 4.69) is 42.7 Å². The summed E-state index contributed by atoms with van der Waals surface area (Å²) in [5.41, 5.74) is 3.41. The van der Waals surface area contributed by atoms with E-state index >= 15 is 0 Å². The van der Waals surface area contributed by atoms with Crippen LogP contribution in [0, 0.1) is 13.8 Å². The first-order valence-corrected chi connectivity index (χ1v) is 6.15. The van der Waals surface area contributed by atoms with Crippen molar-refractivity contribution in [1.82, 2.24) is 5.32 Å². The summed E-state index contributed by atoms with van der Waals surface area (Å²) in [6, 6.07) is 6.02. The summed E-state index contributed by atoms with van der Waals surface area (Å²) in [5, 5.41) is 6.10. The first-order chi connectivity index (χ1) is 8.02. The predicted octanol–water partition coefficient (Wildman–Crippen LogP) is 2.63. The molecule has 3 heteroatoms. The smallest absolute Gasteiger partial charge is 0.242 e. The normalized spacial score (nSPS) is 12.0. The van der Waals surface area contributed by atoms with Crippen molar-refractivity contribution in [3.8, 4) is 0 Å². The largest absolute Gasteiger partial charge is 0.374 e. The molecule has 1 aromatic rings. The molecule has 0 aliphatic rings. The lowest BCUT2D eigenvalue weighted by Crippen LogP contribution is -2.37. The molecule has 0 spiro atoms. The maximum Gasteiger partial charge on any atom is 0.242 e. The maximum atomic E-state index is 11.7. The highest BCUT2D eigenvalue weighted by molar-refractivity contribution is 5.84. The molecule has 0 radical (unpaired) electrons. The number of nitrogens with one attached hydrogen (secondary N) is 2. The van der Waals surface area contributed by atoms with Gasteiger partial charge in [0.05, 0.1) is 0 Å². The highest BCUT2D eigenvalue weighted by atomic mass is 16.2. The van der Waals surface area contributed by atoms with E-state index in [0.29, 0.717) is 0 Å². The average molecular weight is 234 g/mol. The minimum atomic E-state index is -0.206. The summed E-state index contributed by atoms with van der Waals surface area (Å²) in [6.07, 6.45) is 0.960. The van der Waals surface area contributed by atoms with Crippen LogP contribution in [0.1, 0.15) is 31.4 Å². The number of hydrogen-bond donors (Lipinski definition) is 2. The van der Waals surface area contributed by atoms with Crippen molar-refractivity contribution in [2.45, 2.75) is 40.2 Å². The van der Waals surface area contributed by atoms with E-state index in [1.165, 1.54) is 11.1 Å². The average Bonchev–Trinajstić information content (AvgIpc) is 2.24. The Morgan fingerprint density at radius 1 is 1.24 bits per heavy atom. The van der Waals surface area contributed by atoms with Gasteiger partial charge in [0.25, 0.3) is 0 Å². The number of rotatable bonds is 5. The third kappa shape index (κ3) is 4.47. The molecule has 1 aromatic carbocycles. The van der Waals surface area contributed by atoms with Crippen molar-refractivity contribution < 1.29 is 4.79 Å². The molecule has 17 heavy (non-hydrogen) atoms. The molecule has 2 N–H and O–H groups in total. The molecule has 0 heterocycles. The van der Waals surface area contributed by atoms with Crippen LogP contribution >= 0.6 is 0 Å². The highest BCUT2D eigenvalue weighted by Crippen LogP contribution is 2.14. The Bertz CT molecular complexity index is 368. The zero-order valence-electron chi connectivity index (χ0n) is 11.1. The van der Waals surface area contributed by atoms with E-state index in [9.17, 15) is 4.79 Å².